The zero-order valence-corrected chi connectivity index (χ0v) is 18.3. The number of carbonyl (C=O) groups excluding carboxylic acids is 3. The molecule has 166 valence electrons. The molecule has 0 heterocycles. The van der Waals surface area contributed by atoms with Gasteiger partial charge in [-0.25, -0.2) is 13.6 Å². The van der Waals surface area contributed by atoms with Gasteiger partial charge in [-0.3, -0.25) is 9.59 Å². The quantitative estimate of drug-likeness (QED) is 0.653. The number of benzene rings is 2. The first-order chi connectivity index (χ1) is 14.4. The number of ether oxygens (including phenoxy) is 1. The minimum atomic E-state index is -1.21. The maximum absolute atomic E-state index is 13.9. The highest BCUT2D eigenvalue weighted by Gasteiger charge is 2.24. The first-order valence-corrected chi connectivity index (χ1v) is 9.82. The Hall–Kier alpha value is -3.00. The van der Waals surface area contributed by atoms with Gasteiger partial charge >= 0.3 is 6.09 Å². The summed E-state index contributed by atoms with van der Waals surface area (Å²) in [5.74, 6) is -3.53. The maximum atomic E-state index is 13.9. The van der Waals surface area contributed by atoms with Gasteiger partial charge < -0.3 is 15.4 Å². The highest BCUT2D eigenvalue weighted by atomic mass is 35.5. The number of hydrogen-bond acceptors (Lipinski definition) is 4. The second-order valence-electron chi connectivity index (χ2n) is 7.84. The van der Waals surface area contributed by atoms with Gasteiger partial charge in [0.2, 0.25) is 0 Å². The van der Waals surface area contributed by atoms with Gasteiger partial charge in [-0.2, -0.15) is 0 Å². The molecule has 2 N–H and O–H groups in total. The lowest BCUT2D eigenvalue weighted by Crippen LogP contribution is -2.42. The molecule has 1 unspecified atom stereocenters. The van der Waals surface area contributed by atoms with E-state index in [9.17, 15) is 23.2 Å². The van der Waals surface area contributed by atoms with E-state index in [1.807, 2.05) is 0 Å². The third kappa shape index (κ3) is 6.75. The summed E-state index contributed by atoms with van der Waals surface area (Å²) in [6.45, 7) is 6.56. The Balaban J connectivity index is 2.18. The monoisotopic (exact) mass is 452 g/mol. The number of halogens is 3. The molecule has 9 heteroatoms. The average Bonchev–Trinajstić information content (AvgIpc) is 2.63. The average molecular weight is 453 g/mol. The van der Waals surface area contributed by atoms with Crippen molar-refractivity contribution in [2.24, 2.45) is 0 Å². The van der Waals surface area contributed by atoms with E-state index in [1.54, 1.807) is 26.8 Å². The van der Waals surface area contributed by atoms with E-state index in [0.717, 1.165) is 6.07 Å². The molecule has 0 bridgehead atoms. The fraction of sp³-hybridized carbons (Fsp3) is 0.318. The molecular formula is C22H23ClF2N2O4. The Bertz CT molecular complexity index is 1010. The maximum Gasteiger partial charge on any atom is 0.408 e. The van der Waals surface area contributed by atoms with Crippen LogP contribution in [0.4, 0.5) is 19.3 Å². The number of carbonyl (C=O) groups is 3. The number of alkyl carbamates (subject to hydrolysis) is 1. The Kier molecular flexibility index (Phi) is 7.73. The van der Waals surface area contributed by atoms with E-state index >= 15 is 0 Å². The summed E-state index contributed by atoms with van der Waals surface area (Å²) in [4.78, 5) is 37.2. The number of ketones is 1. The topological polar surface area (TPSA) is 84.5 Å². The Morgan fingerprint density at radius 3 is 2.39 bits per heavy atom. The van der Waals surface area contributed by atoms with Crippen LogP contribution in [0.2, 0.25) is 5.02 Å². The molecule has 6 nitrogen and oxygen atoms in total. The lowest BCUT2D eigenvalue weighted by molar-refractivity contribution is -0.120. The van der Waals surface area contributed by atoms with E-state index in [2.05, 4.69) is 10.6 Å². The van der Waals surface area contributed by atoms with Crippen LogP contribution >= 0.6 is 11.6 Å². The lowest BCUT2D eigenvalue weighted by Gasteiger charge is -2.21. The standard InChI is InChI=1S/C22H23ClF2N2O4/c1-12(26-21(30)31-22(2,3)4)17(28)11-13-7-5-8-14(23)18(13)20(29)27-16-10-6-9-15(24)19(16)25/h5-10,12H,11H2,1-4H3,(H,26,30)(H,27,29). The minimum absolute atomic E-state index is 0.0346. The molecule has 0 saturated heterocycles. The van der Waals surface area contributed by atoms with Gasteiger partial charge in [0.25, 0.3) is 5.91 Å². The summed E-state index contributed by atoms with van der Waals surface area (Å²) in [5.41, 5.74) is -0.866. The largest absolute Gasteiger partial charge is 0.444 e. The van der Waals surface area contributed by atoms with Crippen molar-refractivity contribution in [3.63, 3.8) is 0 Å². The normalized spacial score (nSPS) is 12.1. The van der Waals surface area contributed by atoms with Crippen molar-refractivity contribution in [1.29, 1.82) is 0 Å². The lowest BCUT2D eigenvalue weighted by atomic mass is 9.99. The van der Waals surface area contributed by atoms with Gasteiger partial charge in [0.1, 0.15) is 5.60 Å². The molecule has 0 aliphatic heterocycles. The predicted octanol–water partition coefficient (Wildman–Crippen LogP) is 4.90. The van der Waals surface area contributed by atoms with Crippen LogP contribution in [0.15, 0.2) is 36.4 Å². The fourth-order valence-electron chi connectivity index (χ4n) is 2.66. The van der Waals surface area contributed by atoms with Gasteiger partial charge in [0.05, 0.1) is 22.3 Å². The molecule has 0 radical (unpaired) electrons. The van der Waals surface area contributed by atoms with Gasteiger partial charge in [0, 0.05) is 6.42 Å². The first kappa shape index (κ1) is 24.3. The molecule has 2 amide bonds. The summed E-state index contributed by atoms with van der Waals surface area (Å²) in [7, 11) is 0. The fourth-order valence-corrected chi connectivity index (χ4v) is 2.94. The third-order valence-electron chi connectivity index (χ3n) is 4.11. The van der Waals surface area contributed by atoms with Gasteiger partial charge in [-0.05, 0) is 51.5 Å². The number of nitrogens with one attached hydrogen (secondary N) is 2. The second-order valence-corrected chi connectivity index (χ2v) is 8.25. The summed E-state index contributed by atoms with van der Waals surface area (Å²) in [6, 6.07) is 6.97. The van der Waals surface area contributed by atoms with Crippen LogP contribution in [0.25, 0.3) is 0 Å². The molecule has 0 fully saturated rings. The number of rotatable bonds is 6. The number of anilines is 1. The molecule has 0 aliphatic rings. The summed E-state index contributed by atoms with van der Waals surface area (Å²) in [5, 5.41) is 4.74. The van der Waals surface area contributed by atoms with Crippen LogP contribution < -0.4 is 10.6 Å². The number of hydrogen-bond donors (Lipinski definition) is 2. The molecule has 2 aromatic carbocycles. The second kappa shape index (κ2) is 9.87. The van der Waals surface area contributed by atoms with E-state index in [-0.39, 0.29) is 28.3 Å². The van der Waals surface area contributed by atoms with Crippen molar-refractivity contribution in [3.8, 4) is 0 Å². The highest BCUT2D eigenvalue weighted by molar-refractivity contribution is 6.34. The molecule has 0 saturated carbocycles. The summed E-state index contributed by atoms with van der Waals surface area (Å²) >= 11 is 6.15. The zero-order valence-electron chi connectivity index (χ0n) is 17.5. The van der Waals surface area contributed by atoms with E-state index in [4.69, 9.17) is 16.3 Å². The Morgan fingerprint density at radius 1 is 1.10 bits per heavy atom. The molecule has 0 aromatic heterocycles. The molecule has 2 rings (SSSR count). The van der Waals surface area contributed by atoms with Crippen LogP contribution in [-0.2, 0) is 16.0 Å². The number of Topliss-reactive ketones (excluding diaryl/α,β-unsaturated/α-hetero) is 1. The SMILES string of the molecule is CC(NC(=O)OC(C)(C)C)C(=O)Cc1cccc(Cl)c1C(=O)Nc1cccc(F)c1F. The highest BCUT2D eigenvalue weighted by Crippen LogP contribution is 2.24. The Labute approximate surface area is 183 Å². The van der Waals surface area contributed by atoms with Gasteiger partial charge in [0.15, 0.2) is 17.4 Å². The molecular weight excluding hydrogens is 430 g/mol. The van der Waals surface area contributed by atoms with Crippen molar-refractivity contribution in [2.45, 2.75) is 45.8 Å². The van der Waals surface area contributed by atoms with E-state index in [0.29, 0.717) is 0 Å². The molecule has 1 atom stereocenters. The van der Waals surface area contributed by atoms with Crippen molar-refractivity contribution in [1.82, 2.24) is 5.32 Å². The zero-order chi connectivity index (χ0) is 23.3. The van der Waals surface area contributed by atoms with E-state index < -0.39 is 41.1 Å². The molecule has 31 heavy (non-hydrogen) atoms. The minimum Gasteiger partial charge on any atom is -0.444 e. The number of amides is 2. The van der Waals surface area contributed by atoms with Crippen LogP contribution in [0.3, 0.4) is 0 Å². The third-order valence-corrected chi connectivity index (χ3v) is 4.42. The van der Waals surface area contributed by atoms with Crippen LogP contribution in [0.1, 0.15) is 43.6 Å². The predicted molar refractivity (Wildman–Crippen MR) is 113 cm³/mol. The van der Waals surface area contributed by atoms with Crippen molar-refractivity contribution in [3.05, 3.63) is 64.2 Å². The smallest absolute Gasteiger partial charge is 0.408 e. The van der Waals surface area contributed by atoms with E-state index in [1.165, 1.54) is 31.2 Å². The summed E-state index contributed by atoms with van der Waals surface area (Å²) < 4.78 is 32.4. The van der Waals surface area contributed by atoms with Crippen molar-refractivity contribution >= 4 is 35.1 Å². The molecule has 2 aromatic rings. The summed E-state index contributed by atoms with van der Waals surface area (Å²) in [6.07, 6.45) is -0.981. The van der Waals surface area contributed by atoms with Crippen molar-refractivity contribution < 1.29 is 27.9 Å². The van der Waals surface area contributed by atoms with Gasteiger partial charge in [-0.1, -0.05) is 29.8 Å². The first-order valence-electron chi connectivity index (χ1n) is 9.44. The van der Waals surface area contributed by atoms with Crippen molar-refractivity contribution in [2.75, 3.05) is 5.32 Å². The van der Waals surface area contributed by atoms with Crippen LogP contribution in [-0.4, -0.2) is 29.4 Å². The molecule has 0 aliphatic carbocycles. The van der Waals surface area contributed by atoms with Gasteiger partial charge in [-0.15, -0.1) is 0 Å². The Morgan fingerprint density at radius 2 is 1.74 bits per heavy atom. The van der Waals surface area contributed by atoms with Crippen LogP contribution in [0, 0.1) is 11.6 Å². The van der Waals surface area contributed by atoms with Crippen LogP contribution in [0.5, 0.6) is 0 Å². The molecule has 0 spiro atoms.